The van der Waals surface area contributed by atoms with Crippen molar-refractivity contribution < 1.29 is 9.53 Å². The molecular weight excluding hydrogens is 380 g/mol. The lowest BCUT2D eigenvalue weighted by molar-refractivity contribution is -0.135. The van der Waals surface area contributed by atoms with Crippen LogP contribution in [-0.2, 0) is 11.2 Å². The van der Waals surface area contributed by atoms with E-state index in [0.717, 1.165) is 80.6 Å². The van der Waals surface area contributed by atoms with Crippen molar-refractivity contribution in [3.8, 4) is 12.1 Å². The molecule has 1 aliphatic carbocycles. The van der Waals surface area contributed by atoms with Gasteiger partial charge in [-0.1, -0.05) is 19.8 Å². The number of rotatable bonds is 10. The van der Waals surface area contributed by atoms with Gasteiger partial charge < -0.3 is 15.4 Å². The molecule has 2 heterocycles. The van der Waals surface area contributed by atoms with E-state index >= 15 is 0 Å². The van der Waals surface area contributed by atoms with Crippen molar-refractivity contribution >= 4 is 17.3 Å². The number of amides is 1. The summed E-state index contributed by atoms with van der Waals surface area (Å²) >= 11 is 0. The number of likely N-dealkylation sites (N-methyl/N-ethyl adjacent to an activating group) is 1. The van der Waals surface area contributed by atoms with Gasteiger partial charge in [0.2, 0.25) is 5.91 Å². The molecule has 162 valence electrons. The Balaban J connectivity index is 1.55. The topological polar surface area (TPSA) is 108 Å². The summed E-state index contributed by atoms with van der Waals surface area (Å²) in [6, 6.07) is 2.62. The molecule has 0 atom stereocenters. The first-order valence-electron chi connectivity index (χ1n) is 10.9. The highest BCUT2D eigenvalue weighted by Crippen LogP contribution is 2.37. The Labute approximate surface area is 178 Å². The Morgan fingerprint density at radius 1 is 1.20 bits per heavy atom. The number of hydrogen-bond acceptors (Lipinski definition) is 7. The van der Waals surface area contributed by atoms with E-state index in [2.05, 4.69) is 27.9 Å². The van der Waals surface area contributed by atoms with E-state index < -0.39 is 0 Å². The minimum Gasteiger partial charge on any atom is -0.463 e. The molecule has 0 saturated carbocycles. The predicted octanol–water partition coefficient (Wildman–Crippen LogP) is 2.41. The molecule has 1 saturated heterocycles. The van der Waals surface area contributed by atoms with Crippen molar-refractivity contribution in [1.29, 1.82) is 5.26 Å². The number of aromatic nitrogens is 2. The van der Waals surface area contributed by atoms with E-state index in [9.17, 15) is 10.1 Å². The van der Waals surface area contributed by atoms with Gasteiger partial charge in [-0.05, 0) is 38.3 Å². The van der Waals surface area contributed by atoms with Crippen LogP contribution in [0.25, 0.3) is 5.57 Å². The number of nitriles is 1. The van der Waals surface area contributed by atoms with E-state index in [0.29, 0.717) is 31.4 Å². The van der Waals surface area contributed by atoms with E-state index in [1.807, 2.05) is 11.9 Å². The number of fused-ring (bicyclic) bond motifs is 1. The highest BCUT2D eigenvalue weighted by molar-refractivity contribution is 5.80. The van der Waals surface area contributed by atoms with Crippen LogP contribution in [0.15, 0.2) is 5.57 Å². The zero-order chi connectivity index (χ0) is 21.5. The third-order valence-electron chi connectivity index (χ3n) is 5.75. The smallest absolute Gasteiger partial charge is 0.318 e. The van der Waals surface area contributed by atoms with Gasteiger partial charge in [-0.3, -0.25) is 9.69 Å². The number of piperazine rings is 1. The Morgan fingerprint density at radius 2 is 2.03 bits per heavy atom. The average Bonchev–Trinajstić information content (AvgIpc) is 3.08. The minimum absolute atomic E-state index is 0.214. The van der Waals surface area contributed by atoms with E-state index in [4.69, 9.17) is 10.5 Å². The summed E-state index contributed by atoms with van der Waals surface area (Å²) < 4.78 is 5.65. The number of anilines is 1. The quantitative estimate of drug-likeness (QED) is 0.588. The third kappa shape index (κ3) is 5.28. The van der Waals surface area contributed by atoms with Crippen molar-refractivity contribution in [3.05, 3.63) is 16.8 Å². The van der Waals surface area contributed by atoms with Gasteiger partial charge in [0.05, 0.1) is 24.9 Å². The molecule has 0 bridgehead atoms. The molecule has 1 aromatic rings. The lowest BCUT2D eigenvalue weighted by atomic mass is 10.0. The van der Waals surface area contributed by atoms with Gasteiger partial charge in [0.25, 0.3) is 0 Å². The van der Waals surface area contributed by atoms with Gasteiger partial charge in [0.1, 0.15) is 5.82 Å². The number of ether oxygens (including phenoxy) is 1. The maximum Gasteiger partial charge on any atom is 0.318 e. The molecule has 1 aromatic heterocycles. The van der Waals surface area contributed by atoms with E-state index in [1.54, 1.807) is 0 Å². The Morgan fingerprint density at radius 3 is 2.77 bits per heavy atom. The number of carbonyl (C=O) groups is 1. The lowest BCUT2D eigenvalue weighted by Gasteiger charge is -2.32. The van der Waals surface area contributed by atoms with Crippen LogP contribution in [0.5, 0.6) is 6.01 Å². The molecule has 0 unspecified atom stereocenters. The van der Waals surface area contributed by atoms with Gasteiger partial charge >= 0.3 is 6.01 Å². The summed E-state index contributed by atoms with van der Waals surface area (Å²) in [6.07, 6.45) is 6.14. The first-order valence-corrected chi connectivity index (χ1v) is 10.9. The van der Waals surface area contributed by atoms with Gasteiger partial charge in [-0.25, -0.2) is 0 Å². The first-order chi connectivity index (χ1) is 14.5. The molecule has 8 nitrogen and oxygen atoms in total. The molecule has 1 amide bonds. The van der Waals surface area contributed by atoms with Crippen LogP contribution >= 0.6 is 0 Å². The number of nitrogen functional groups attached to an aromatic ring is 1. The molecule has 0 spiro atoms. The standard InChI is InChI=1S/C22H32N6O2/c1-3-4-12-30-22-25-20-17(16(14-23)13-18(20)21(24)26-22)8-6-5-7-9-28-11-10-27(2)15-19(28)29/h3-13,15H2,1-2H3,(H2,24,25,26). The number of hydrogen-bond donors (Lipinski definition) is 1. The maximum atomic E-state index is 12.1. The fourth-order valence-corrected chi connectivity index (χ4v) is 3.92. The van der Waals surface area contributed by atoms with Crippen LogP contribution < -0.4 is 10.5 Å². The van der Waals surface area contributed by atoms with Crippen molar-refractivity contribution in [2.45, 2.75) is 51.9 Å². The molecule has 1 fully saturated rings. The summed E-state index contributed by atoms with van der Waals surface area (Å²) in [4.78, 5) is 24.9. The molecule has 3 rings (SSSR count). The number of allylic oxidation sites excluding steroid dienone is 2. The maximum absolute atomic E-state index is 12.1. The predicted molar refractivity (Wildman–Crippen MR) is 116 cm³/mol. The fourth-order valence-electron chi connectivity index (χ4n) is 3.92. The largest absolute Gasteiger partial charge is 0.463 e. The molecule has 2 N–H and O–H groups in total. The fraction of sp³-hybridized carbons (Fsp3) is 0.636. The van der Waals surface area contributed by atoms with E-state index in [-0.39, 0.29) is 5.91 Å². The minimum atomic E-state index is 0.214. The molecule has 0 radical (unpaired) electrons. The monoisotopic (exact) mass is 412 g/mol. The summed E-state index contributed by atoms with van der Waals surface area (Å²) in [7, 11) is 1.98. The number of unbranched alkanes of at least 4 members (excludes halogenated alkanes) is 3. The highest BCUT2D eigenvalue weighted by Gasteiger charge is 2.27. The molecule has 30 heavy (non-hydrogen) atoms. The second kappa shape index (κ2) is 10.4. The summed E-state index contributed by atoms with van der Waals surface area (Å²) in [6.45, 7) is 5.72. The van der Waals surface area contributed by atoms with Crippen LogP contribution in [0.2, 0.25) is 0 Å². The molecular formula is C22H32N6O2. The summed E-state index contributed by atoms with van der Waals surface area (Å²) in [5.41, 5.74) is 9.45. The Kier molecular flexibility index (Phi) is 7.63. The SMILES string of the molecule is CCCCOc1nc(N)c2c(n1)C(CCCCCN1CCN(C)CC1=O)=C(C#N)C2. The second-order valence-electron chi connectivity index (χ2n) is 8.10. The van der Waals surface area contributed by atoms with Crippen LogP contribution in [0.1, 0.15) is 56.7 Å². The highest BCUT2D eigenvalue weighted by atomic mass is 16.5. The van der Waals surface area contributed by atoms with Crippen molar-refractivity contribution in [1.82, 2.24) is 19.8 Å². The molecule has 2 aliphatic rings. The lowest BCUT2D eigenvalue weighted by Crippen LogP contribution is -2.48. The number of nitrogens with two attached hydrogens (primary N) is 1. The van der Waals surface area contributed by atoms with Crippen molar-refractivity contribution in [2.24, 2.45) is 0 Å². The third-order valence-corrected chi connectivity index (χ3v) is 5.75. The average molecular weight is 413 g/mol. The normalized spacial score (nSPS) is 16.7. The van der Waals surface area contributed by atoms with E-state index in [1.165, 1.54) is 0 Å². The zero-order valence-corrected chi connectivity index (χ0v) is 18.1. The van der Waals surface area contributed by atoms with Crippen LogP contribution in [0.3, 0.4) is 0 Å². The zero-order valence-electron chi connectivity index (χ0n) is 18.1. The summed E-state index contributed by atoms with van der Waals surface area (Å²) in [5.74, 6) is 0.619. The van der Waals surface area contributed by atoms with Crippen LogP contribution in [-0.4, -0.2) is 65.5 Å². The second-order valence-corrected chi connectivity index (χ2v) is 8.10. The Hall–Kier alpha value is -2.66. The summed E-state index contributed by atoms with van der Waals surface area (Å²) in [5, 5.41) is 9.59. The van der Waals surface area contributed by atoms with Crippen molar-refractivity contribution in [3.63, 3.8) is 0 Å². The first kappa shape index (κ1) is 22.0. The molecule has 0 aromatic carbocycles. The Bertz CT molecular complexity index is 845. The number of carbonyl (C=O) groups excluding carboxylic acids is 1. The van der Waals surface area contributed by atoms with Gasteiger partial charge in [0.15, 0.2) is 0 Å². The van der Waals surface area contributed by atoms with Gasteiger partial charge in [0, 0.05) is 37.2 Å². The van der Waals surface area contributed by atoms with Gasteiger partial charge in [-0.2, -0.15) is 15.2 Å². The molecule has 8 heteroatoms. The van der Waals surface area contributed by atoms with Crippen LogP contribution in [0, 0.1) is 11.3 Å². The van der Waals surface area contributed by atoms with Gasteiger partial charge in [-0.15, -0.1) is 0 Å². The van der Waals surface area contributed by atoms with Crippen molar-refractivity contribution in [2.75, 3.05) is 45.6 Å². The molecule has 1 aliphatic heterocycles. The number of nitrogens with zero attached hydrogens (tertiary/aromatic N) is 5. The van der Waals surface area contributed by atoms with Crippen LogP contribution in [0.4, 0.5) is 5.82 Å².